The molecule has 2 unspecified atom stereocenters. The van der Waals surface area contributed by atoms with E-state index in [2.05, 4.69) is 10.5 Å². The van der Waals surface area contributed by atoms with Gasteiger partial charge in [0.05, 0.1) is 34.5 Å². The summed E-state index contributed by atoms with van der Waals surface area (Å²) in [6, 6.07) is 6.88. The van der Waals surface area contributed by atoms with Crippen molar-refractivity contribution >= 4 is 40.8 Å². The molecule has 150 valence electrons. The van der Waals surface area contributed by atoms with Crippen molar-refractivity contribution in [3.05, 3.63) is 57.8 Å². The van der Waals surface area contributed by atoms with Gasteiger partial charge in [0, 0.05) is 12.6 Å². The Morgan fingerprint density at radius 1 is 1.34 bits per heavy atom. The molecule has 4 atom stereocenters. The number of nitrogens with zero attached hydrogens (tertiary/aromatic N) is 2. The molecule has 2 amide bonds. The summed E-state index contributed by atoms with van der Waals surface area (Å²) in [6.07, 6.45) is 3.35. The number of nitrogens with one attached hydrogen (secondary N) is 1. The first kappa shape index (κ1) is 18.7. The van der Waals surface area contributed by atoms with Gasteiger partial charge in [-0.05, 0) is 24.6 Å². The van der Waals surface area contributed by atoms with Gasteiger partial charge in [0.25, 0.3) is 0 Å². The van der Waals surface area contributed by atoms with E-state index in [9.17, 15) is 9.59 Å². The van der Waals surface area contributed by atoms with Gasteiger partial charge in [-0.3, -0.25) is 14.5 Å². The van der Waals surface area contributed by atoms with Gasteiger partial charge in [-0.25, -0.2) is 0 Å². The number of halogens is 2. The van der Waals surface area contributed by atoms with E-state index in [1.54, 1.807) is 31.2 Å². The zero-order valence-electron chi connectivity index (χ0n) is 15.4. The summed E-state index contributed by atoms with van der Waals surface area (Å²) < 4.78 is 11.2. The van der Waals surface area contributed by atoms with Crippen LogP contribution < -0.4 is 10.2 Å². The summed E-state index contributed by atoms with van der Waals surface area (Å²) >= 11 is 12.0. The number of hydrogen-bond acceptors (Lipinski definition) is 5. The van der Waals surface area contributed by atoms with Crippen molar-refractivity contribution in [1.82, 2.24) is 10.5 Å². The number of fused-ring (bicyclic) bond motifs is 1. The summed E-state index contributed by atoms with van der Waals surface area (Å²) in [6.45, 7) is 2.35. The van der Waals surface area contributed by atoms with Crippen LogP contribution in [0.2, 0.25) is 10.0 Å². The van der Waals surface area contributed by atoms with Crippen molar-refractivity contribution in [2.24, 2.45) is 11.8 Å². The van der Waals surface area contributed by atoms with Gasteiger partial charge in [-0.15, -0.1) is 0 Å². The number of hydrogen-bond donors (Lipinski definition) is 1. The van der Waals surface area contributed by atoms with Crippen LogP contribution in [0.15, 0.2) is 40.9 Å². The van der Waals surface area contributed by atoms with Crippen molar-refractivity contribution in [3.63, 3.8) is 0 Å². The van der Waals surface area contributed by atoms with E-state index in [1.165, 1.54) is 4.90 Å². The predicted molar refractivity (Wildman–Crippen MR) is 106 cm³/mol. The lowest BCUT2D eigenvalue weighted by molar-refractivity contribution is -0.132. The van der Waals surface area contributed by atoms with Crippen molar-refractivity contribution in [2.45, 2.75) is 25.2 Å². The van der Waals surface area contributed by atoms with Crippen molar-refractivity contribution < 1.29 is 18.8 Å². The Morgan fingerprint density at radius 3 is 2.90 bits per heavy atom. The third kappa shape index (κ3) is 2.87. The molecule has 2 bridgehead atoms. The van der Waals surface area contributed by atoms with Crippen LogP contribution in [0, 0.1) is 18.8 Å². The average molecular weight is 434 g/mol. The molecule has 5 rings (SSSR count). The lowest BCUT2D eigenvalue weighted by Crippen LogP contribution is -2.44. The number of carbonyl (C=O) groups is 2. The summed E-state index contributed by atoms with van der Waals surface area (Å²) in [5, 5.41) is 7.72. The number of carbonyl (C=O) groups excluding carboxylic acids is 2. The summed E-state index contributed by atoms with van der Waals surface area (Å²) in [7, 11) is 0. The SMILES string of the molecule is Cc1cc(N2C[C@@]34C=C[C@@H](O3)C(C(=O)NCc3ccc(Cl)c(Cl)c3)C4C2=O)no1. The Labute approximate surface area is 176 Å². The molecule has 3 aliphatic rings. The molecule has 7 nitrogen and oxygen atoms in total. The number of rotatable bonds is 4. The molecule has 29 heavy (non-hydrogen) atoms. The summed E-state index contributed by atoms with van der Waals surface area (Å²) in [4.78, 5) is 27.7. The van der Waals surface area contributed by atoms with Gasteiger partial charge < -0.3 is 14.6 Å². The highest BCUT2D eigenvalue weighted by Crippen LogP contribution is 2.52. The Balaban J connectivity index is 1.36. The second-order valence-corrected chi connectivity index (χ2v) is 8.40. The first-order valence-corrected chi connectivity index (χ1v) is 9.97. The normalized spacial score (nSPS) is 29.6. The molecule has 1 aromatic carbocycles. The quantitative estimate of drug-likeness (QED) is 0.749. The maximum absolute atomic E-state index is 13.2. The van der Waals surface area contributed by atoms with Crippen molar-refractivity contribution in [1.29, 1.82) is 0 Å². The second-order valence-electron chi connectivity index (χ2n) is 7.59. The maximum Gasteiger partial charge on any atom is 0.235 e. The first-order chi connectivity index (χ1) is 13.9. The zero-order valence-corrected chi connectivity index (χ0v) is 16.9. The van der Waals surface area contributed by atoms with Gasteiger partial charge in [-0.2, -0.15) is 0 Å². The molecule has 1 aromatic heterocycles. The van der Waals surface area contributed by atoms with Crippen molar-refractivity contribution in [2.75, 3.05) is 11.4 Å². The van der Waals surface area contributed by atoms with Gasteiger partial charge in [0.2, 0.25) is 11.8 Å². The summed E-state index contributed by atoms with van der Waals surface area (Å²) in [5.41, 5.74) is 0.0136. The van der Waals surface area contributed by atoms with E-state index in [0.29, 0.717) is 28.2 Å². The first-order valence-electron chi connectivity index (χ1n) is 9.21. The number of benzene rings is 1. The molecule has 0 saturated carbocycles. The monoisotopic (exact) mass is 433 g/mol. The molecule has 9 heteroatoms. The fourth-order valence-electron chi connectivity index (χ4n) is 4.43. The van der Waals surface area contributed by atoms with Crippen molar-refractivity contribution in [3.8, 4) is 0 Å². The van der Waals surface area contributed by atoms with Gasteiger partial charge in [0.15, 0.2) is 5.82 Å². The van der Waals surface area contributed by atoms with Crippen LogP contribution in [0.25, 0.3) is 0 Å². The number of anilines is 1. The standard InChI is InChI=1S/C20H17Cl2N3O4/c1-10-6-15(24-29-10)25-9-20-5-4-14(28-20)16(17(20)19(25)27)18(26)23-8-11-2-3-12(21)13(22)7-11/h2-7,14,16-17H,8-9H2,1H3,(H,23,26)/t14-,16?,17?,20-/m1/s1. The third-order valence-electron chi connectivity index (χ3n) is 5.75. The second kappa shape index (κ2) is 6.58. The Bertz CT molecular complexity index is 1050. The van der Waals surface area contributed by atoms with Crippen LogP contribution in [0.4, 0.5) is 5.82 Å². The highest BCUT2D eigenvalue weighted by Gasteiger charge is 2.67. The number of amides is 2. The van der Waals surface area contributed by atoms with Gasteiger partial charge in [0.1, 0.15) is 11.4 Å². The lowest BCUT2D eigenvalue weighted by atomic mass is 9.77. The molecule has 1 N–H and O–H groups in total. The van der Waals surface area contributed by atoms with E-state index in [-0.39, 0.29) is 18.4 Å². The van der Waals surface area contributed by atoms with E-state index in [0.717, 1.165) is 5.56 Å². The summed E-state index contributed by atoms with van der Waals surface area (Å²) in [5.74, 6) is -0.564. The van der Waals surface area contributed by atoms with Gasteiger partial charge >= 0.3 is 0 Å². The van der Waals surface area contributed by atoms with Gasteiger partial charge in [-0.1, -0.05) is 46.6 Å². The highest BCUT2D eigenvalue weighted by atomic mass is 35.5. The van der Waals surface area contributed by atoms with Crippen LogP contribution in [-0.4, -0.2) is 35.2 Å². The van der Waals surface area contributed by atoms with E-state index >= 15 is 0 Å². The molecule has 2 aromatic rings. The molecule has 0 aliphatic carbocycles. The third-order valence-corrected chi connectivity index (χ3v) is 6.48. The fourth-order valence-corrected chi connectivity index (χ4v) is 4.75. The molecule has 3 aliphatic heterocycles. The number of aryl methyl sites for hydroxylation is 1. The molecule has 4 heterocycles. The Kier molecular flexibility index (Phi) is 4.24. The largest absolute Gasteiger partial charge is 0.360 e. The van der Waals surface area contributed by atoms with Crippen LogP contribution >= 0.6 is 23.2 Å². The zero-order chi connectivity index (χ0) is 20.3. The maximum atomic E-state index is 13.2. The fraction of sp³-hybridized carbons (Fsp3) is 0.350. The molecular formula is C20H17Cl2N3O4. The van der Waals surface area contributed by atoms with E-state index < -0.39 is 23.5 Å². The minimum atomic E-state index is -0.805. The number of ether oxygens (including phenoxy) is 1. The highest BCUT2D eigenvalue weighted by molar-refractivity contribution is 6.42. The smallest absolute Gasteiger partial charge is 0.235 e. The molecule has 2 fully saturated rings. The topological polar surface area (TPSA) is 84.7 Å². The molecular weight excluding hydrogens is 417 g/mol. The van der Waals surface area contributed by atoms with Crippen LogP contribution in [-0.2, 0) is 20.9 Å². The number of aromatic nitrogens is 1. The van der Waals surface area contributed by atoms with Crippen LogP contribution in [0.3, 0.4) is 0 Å². The molecule has 2 saturated heterocycles. The minimum Gasteiger partial charge on any atom is -0.360 e. The molecule has 1 spiro atoms. The predicted octanol–water partition coefficient (Wildman–Crippen LogP) is 2.89. The van der Waals surface area contributed by atoms with E-state index in [4.69, 9.17) is 32.5 Å². The molecule has 0 radical (unpaired) electrons. The van der Waals surface area contributed by atoms with Crippen LogP contribution in [0.1, 0.15) is 11.3 Å². The Morgan fingerprint density at radius 2 is 2.17 bits per heavy atom. The lowest BCUT2D eigenvalue weighted by Gasteiger charge is -2.23. The van der Waals surface area contributed by atoms with E-state index in [1.807, 2.05) is 12.2 Å². The minimum absolute atomic E-state index is 0.181. The Hall–Kier alpha value is -2.35. The van der Waals surface area contributed by atoms with Crippen LogP contribution in [0.5, 0.6) is 0 Å². The average Bonchev–Trinajstić information content (AvgIpc) is 3.43.